The van der Waals surface area contributed by atoms with Crippen LogP contribution in [0.5, 0.6) is 0 Å². The first-order chi connectivity index (χ1) is 15.8. The Morgan fingerprint density at radius 2 is 1.61 bits per heavy atom. The predicted molar refractivity (Wildman–Crippen MR) is 128 cm³/mol. The van der Waals surface area contributed by atoms with Crippen LogP contribution in [0.4, 0.5) is 15.8 Å². The van der Waals surface area contributed by atoms with Gasteiger partial charge in [-0.2, -0.15) is 0 Å². The third kappa shape index (κ3) is 5.21. The van der Waals surface area contributed by atoms with E-state index >= 15 is 0 Å². The molecule has 7 nitrogen and oxygen atoms in total. The molecule has 0 saturated heterocycles. The maximum absolute atomic E-state index is 13.4. The normalized spacial score (nSPS) is 10.6. The van der Waals surface area contributed by atoms with Crippen LogP contribution in [-0.2, 0) is 9.59 Å². The summed E-state index contributed by atoms with van der Waals surface area (Å²) >= 11 is 9.40. The Bertz CT molecular complexity index is 1390. The van der Waals surface area contributed by atoms with Crippen molar-refractivity contribution in [3.63, 3.8) is 0 Å². The van der Waals surface area contributed by atoms with Gasteiger partial charge in [0.15, 0.2) is 0 Å². The Morgan fingerprint density at radius 3 is 2.33 bits per heavy atom. The number of carbonyl (C=O) groups excluding carboxylic acids is 3. The van der Waals surface area contributed by atoms with E-state index in [-0.39, 0.29) is 11.4 Å². The highest BCUT2D eigenvalue weighted by Crippen LogP contribution is 2.24. The van der Waals surface area contributed by atoms with Gasteiger partial charge in [-0.1, -0.05) is 33.6 Å². The Balaban J connectivity index is 1.62. The van der Waals surface area contributed by atoms with Crippen molar-refractivity contribution >= 4 is 67.5 Å². The van der Waals surface area contributed by atoms with Crippen molar-refractivity contribution < 1.29 is 18.8 Å². The topological polar surface area (TPSA) is 92.2 Å². The zero-order valence-corrected chi connectivity index (χ0v) is 19.1. The Labute approximate surface area is 200 Å². The summed E-state index contributed by atoms with van der Waals surface area (Å²) in [6, 6.07) is 18.5. The molecule has 0 radical (unpaired) electrons. The number of halogens is 3. The number of hydrogen-bond acceptors (Lipinski definition) is 3. The van der Waals surface area contributed by atoms with Gasteiger partial charge in [0.05, 0.1) is 5.52 Å². The highest BCUT2D eigenvalue weighted by molar-refractivity contribution is 9.10. The van der Waals surface area contributed by atoms with Gasteiger partial charge in [0.25, 0.3) is 5.91 Å². The Kier molecular flexibility index (Phi) is 6.43. The van der Waals surface area contributed by atoms with E-state index in [9.17, 15) is 18.8 Å². The monoisotopic (exact) mass is 528 g/mol. The van der Waals surface area contributed by atoms with E-state index in [2.05, 4.69) is 32.0 Å². The molecule has 1 aromatic heterocycles. The number of carbonyl (C=O) groups is 3. The number of amides is 3. The summed E-state index contributed by atoms with van der Waals surface area (Å²) in [5.74, 6) is -3.16. The van der Waals surface area contributed by atoms with E-state index in [4.69, 9.17) is 11.6 Å². The van der Waals surface area contributed by atoms with Crippen LogP contribution in [0.2, 0.25) is 5.02 Å². The third-order valence-electron chi connectivity index (χ3n) is 4.60. The molecule has 4 aromatic rings. The van der Waals surface area contributed by atoms with Crippen LogP contribution >= 0.6 is 27.5 Å². The molecule has 10 heteroatoms. The van der Waals surface area contributed by atoms with Gasteiger partial charge in [-0.15, -0.1) is 0 Å². The van der Waals surface area contributed by atoms with Crippen molar-refractivity contribution in [3.8, 4) is 0 Å². The van der Waals surface area contributed by atoms with E-state index in [1.807, 2.05) is 0 Å². The van der Waals surface area contributed by atoms with E-state index in [0.29, 0.717) is 21.6 Å². The lowest BCUT2D eigenvalue weighted by Gasteiger charge is -2.13. The number of anilines is 2. The van der Waals surface area contributed by atoms with E-state index in [1.165, 1.54) is 22.9 Å². The first-order valence-electron chi connectivity index (χ1n) is 9.56. The first-order valence-corrected chi connectivity index (χ1v) is 10.7. The van der Waals surface area contributed by atoms with Gasteiger partial charge < -0.3 is 10.6 Å². The molecule has 0 bridgehead atoms. The largest absolute Gasteiger partial charge is 0.328 e. The molecule has 0 fully saturated rings. The molecule has 4 rings (SSSR count). The second-order valence-corrected chi connectivity index (χ2v) is 8.29. The summed E-state index contributed by atoms with van der Waals surface area (Å²) < 4.78 is 15.4. The summed E-state index contributed by atoms with van der Waals surface area (Å²) in [6.07, 6.45) is 0. The average Bonchev–Trinajstić information content (AvgIpc) is 3.12. The molecule has 3 aromatic carbocycles. The summed E-state index contributed by atoms with van der Waals surface area (Å²) in [7, 11) is 0. The lowest BCUT2D eigenvalue weighted by molar-refractivity contribution is -0.133. The average molecular weight is 530 g/mol. The third-order valence-corrected chi connectivity index (χ3v) is 5.36. The summed E-state index contributed by atoms with van der Waals surface area (Å²) in [4.78, 5) is 37.9. The van der Waals surface area contributed by atoms with Crippen molar-refractivity contribution in [2.75, 3.05) is 16.1 Å². The van der Waals surface area contributed by atoms with Gasteiger partial charge in [-0.05, 0) is 66.7 Å². The standard InChI is InChI=1S/C23H15BrClFN4O3/c24-14-4-7-17(8-5-14)27-21(31)20-11-13-10-15(25)6-9-19(13)30(20)29-23(33)22(32)28-18-3-1-2-16(26)12-18/h1-12H,(H,27,31)(H,28,32)(H,29,33). The minimum atomic E-state index is -1.05. The second kappa shape index (κ2) is 9.43. The molecule has 33 heavy (non-hydrogen) atoms. The fourth-order valence-corrected chi connectivity index (χ4v) is 3.55. The molecule has 0 spiro atoms. The Hall–Kier alpha value is -3.69. The molecule has 3 N–H and O–H groups in total. The SMILES string of the molecule is O=C(Nc1cccc(F)c1)C(=O)Nn1c(C(=O)Nc2ccc(Br)cc2)cc2cc(Cl)ccc21. The summed E-state index contributed by atoms with van der Waals surface area (Å²) in [5, 5.41) is 6.08. The molecule has 0 unspecified atom stereocenters. The zero-order chi connectivity index (χ0) is 23.5. The van der Waals surface area contributed by atoms with E-state index in [1.54, 1.807) is 48.5 Å². The lowest BCUT2D eigenvalue weighted by Crippen LogP contribution is -2.36. The van der Waals surface area contributed by atoms with E-state index in [0.717, 1.165) is 10.5 Å². The number of aromatic nitrogens is 1. The van der Waals surface area contributed by atoms with Crippen LogP contribution in [0.25, 0.3) is 10.9 Å². The maximum Gasteiger partial charge on any atom is 0.328 e. The van der Waals surface area contributed by atoms with Gasteiger partial charge in [-0.3, -0.25) is 19.8 Å². The fourth-order valence-electron chi connectivity index (χ4n) is 3.11. The summed E-state index contributed by atoms with van der Waals surface area (Å²) in [6.45, 7) is 0. The fraction of sp³-hybridized carbons (Fsp3) is 0. The number of rotatable bonds is 4. The molecule has 3 amide bonds. The van der Waals surface area contributed by atoms with Crippen molar-refractivity contribution in [2.45, 2.75) is 0 Å². The molecule has 0 aliphatic heterocycles. The van der Waals surface area contributed by atoms with Gasteiger partial charge in [0.1, 0.15) is 11.5 Å². The first kappa shape index (κ1) is 22.5. The zero-order valence-electron chi connectivity index (χ0n) is 16.7. The van der Waals surface area contributed by atoms with Crippen LogP contribution in [0.1, 0.15) is 10.5 Å². The van der Waals surface area contributed by atoms with Crippen LogP contribution < -0.4 is 16.1 Å². The molecule has 0 saturated carbocycles. The summed E-state index contributed by atoms with van der Waals surface area (Å²) in [5.41, 5.74) is 3.60. The van der Waals surface area contributed by atoms with Gasteiger partial charge >= 0.3 is 11.8 Å². The van der Waals surface area contributed by atoms with Gasteiger partial charge in [0, 0.05) is 26.3 Å². The maximum atomic E-state index is 13.4. The smallest absolute Gasteiger partial charge is 0.321 e. The predicted octanol–water partition coefficient (Wildman–Crippen LogP) is 5.16. The van der Waals surface area contributed by atoms with Crippen molar-refractivity contribution in [3.05, 3.63) is 93.8 Å². The molecule has 1 heterocycles. The van der Waals surface area contributed by atoms with Crippen LogP contribution in [-0.4, -0.2) is 22.4 Å². The number of fused-ring (bicyclic) bond motifs is 1. The second-order valence-electron chi connectivity index (χ2n) is 6.93. The van der Waals surface area contributed by atoms with Crippen molar-refractivity contribution in [1.29, 1.82) is 0 Å². The molecule has 166 valence electrons. The highest BCUT2D eigenvalue weighted by atomic mass is 79.9. The van der Waals surface area contributed by atoms with Gasteiger partial charge in [0.2, 0.25) is 0 Å². The van der Waals surface area contributed by atoms with E-state index < -0.39 is 23.5 Å². The molecular formula is C23H15BrClFN4O3. The highest BCUT2D eigenvalue weighted by Gasteiger charge is 2.21. The van der Waals surface area contributed by atoms with Crippen molar-refractivity contribution in [1.82, 2.24) is 4.68 Å². The van der Waals surface area contributed by atoms with Gasteiger partial charge in [-0.25, -0.2) is 9.07 Å². The Morgan fingerprint density at radius 1 is 0.848 bits per heavy atom. The number of nitrogens with zero attached hydrogens (tertiary/aromatic N) is 1. The molecular weight excluding hydrogens is 515 g/mol. The molecule has 0 aliphatic rings. The minimum Gasteiger partial charge on any atom is -0.321 e. The number of hydrogen-bond donors (Lipinski definition) is 3. The number of benzene rings is 3. The lowest BCUT2D eigenvalue weighted by atomic mass is 10.2. The minimum absolute atomic E-state index is 0.0714. The molecule has 0 aliphatic carbocycles. The number of nitrogens with one attached hydrogen (secondary N) is 3. The van der Waals surface area contributed by atoms with Crippen LogP contribution in [0.3, 0.4) is 0 Å². The van der Waals surface area contributed by atoms with Crippen LogP contribution in [0, 0.1) is 5.82 Å². The van der Waals surface area contributed by atoms with Crippen LogP contribution in [0.15, 0.2) is 77.3 Å². The van der Waals surface area contributed by atoms with Crippen molar-refractivity contribution in [2.24, 2.45) is 0 Å². The quantitative estimate of drug-likeness (QED) is 0.319. The molecule has 0 atom stereocenters.